The summed E-state index contributed by atoms with van der Waals surface area (Å²) >= 11 is 5.10. The summed E-state index contributed by atoms with van der Waals surface area (Å²) in [5.74, 6) is -0.186. The van der Waals surface area contributed by atoms with Gasteiger partial charge in [0.25, 0.3) is 0 Å². The van der Waals surface area contributed by atoms with E-state index in [0.717, 1.165) is 22.9 Å². The van der Waals surface area contributed by atoms with Gasteiger partial charge < -0.3 is 10.6 Å². The van der Waals surface area contributed by atoms with E-state index in [1.165, 1.54) is 4.88 Å². The molecule has 1 atom stereocenters. The van der Waals surface area contributed by atoms with Crippen LogP contribution in [0.15, 0.2) is 34.1 Å². The molecule has 0 amide bonds. The third-order valence-corrected chi connectivity index (χ3v) is 5.14. The van der Waals surface area contributed by atoms with Crippen LogP contribution >= 0.6 is 27.3 Å². The summed E-state index contributed by atoms with van der Waals surface area (Å²) in [6, 6.07) is 7.57. The first kappa shape index (κ1) is 16.5. The van der Waals surface area contributed by atoms with E-state index >= 15 is 0 Å². The average molecular weight is 371 g/mol. The predicted octanol–water partition coefficient (Wildman–Crippen LogP) is 4.57. The van der Waals surface area contributed by atoms with Crippen molar-refractivity contribution >= 4 is 33.0 Å². The zero-order chi connectivity index (χ0) is 15.4. The molecule has 0 radical (unpaired) electrons. The Morgan fingerprint density at radius 3 is 2.71 bits per heavy atom. The Morgan fingerprint density at radius 1 is 1.38 bits per heavy atom. The molecular formula is C16H20BrFN2S. The Labute approximate surface area is 137 Å². The van der Waals surface area contributed by atoms with Crippen LogP contribution in [-0.4, -0.2) is 13.1 Å². The monoisotopic (exact) mass is 370 g/mol. The first-order valence-corrected chi connectivity index (χ1v) is 8.65. The van der Waals surface area contributed by atoms with Crippen molar-refractivity contribution in [2.45, 2.75) is 32.4 Å². The van der Waals surface area contributed by atoms with Gasteiger partial charge in [-0.15, -0.1) is 11.3 Å². The second-order valence-corrected chi connectivity index (χ2v) is 7.16. The fraction of sp³-hybridized carbons (Fsp3) is 0.375. The molecule has 0 spiro atoms. The normalized spacial score (nSPS) is 12.4. The molecule has 21 heavy (non-hydrogen) atoms. The van der Waals surface area contributed by atoms with Crippen molar-refractivity contribution < 1.29 is 4.39 Å². The third kappa shape index (κ3) is 4.53. The smallest absolute Gasteiger partial charge is 0.146 e. The summed E-state index contributed by atoms with van der Waals surface area (Å²) in [5.41, 5.74) is 7.50. The summed E-state index contributed by atoms with van der Waals surface area (Å²) in [4.78, 5) is 3.12. The molecule has 0 saturated heterocycles. The van der Waals surface area contributed by atoms with E-state index in [-0.39, 0.29) is 11.9 Å². The van der Waals surface area contributed by atoms with E-state index in [1.807, 2.05) is 36.4 Å². The number of nitrogens with zero attached hydrogens (tertiary/aromatic N) is 1. The van der Waals surface area contributed by atoms with Crippen LogP contribution in [0.2, 0.25) is 0 Å². The second-order valence-electron chi connectivity index (χ2n) is 5.25. The fourth-order valence-corrected chi connectivity index (χ4v) is 3.69. The highest BCUT2D eigenvalue weighted by Gasteiger charge is 2.11. The van der Waals surface area contributed by atoms with Crippen LogP contribution in [0.5, 0.6) is 0 Å². The zero-order valence-electron chi connectivity index (χ0n) is 12.3. The number of rotatable bonds is 6. The molecule has 0 saturated carbocycles. The Balaban J connectivity index is 2.09. The standard InChI is InChI=1S/C16H20BrFN2S/c1-3-13(19)6-11-4-5-16(15(18)7-11)20(2)9-14-8-12(17)10-21-14/h4-5,7-8,10,13H,3,6,9,19H2,1-2H3. The van der Waals surface area contributed by atoms with E-state index in [1.54, 1.807) is 17.4 Å². The molecule has 1 aromatic carbocycles. The first-order chi connectivity index (χ1) is 9.99. The van der Waals surface area contributed by atoms with Gasteiger partial charge in [-0.3, -0.25) is 0 Å². The van der Waals surface area contributed by atoms with Crippen molar-refractivity contribution in [3.05, 3.63) is 50.4 Å². The molecule has 0 aliphatic heterocycles. The largest absolute Gasteiger partial charge is 0.367 e. The van der Waals surface area contributed by atoms with Gasteiger partial charge in [-0.1, -0.05) is 13.0 Å². The number of halogens is 2. The summed E-state index contributed by atoms with van der Waals surface area (Å²) in [5, 5.41) is 2.04. The van der Waals surface area contributed by atoms with E-state index in [2.05, 4.69) is 22.0 Å². The van der Waals surface area contributed by atoms with Gasteiger partial charge in [-0.2, -0.15) is 0 Å². The average Bonchev–Trinajstić information content (AvgIpc) is 2.83. The third-order valence-electron chi connectivity index (χ3n) is 3.46. The highest BCUT2D eigenvalue weighted by molar-refractivity contribution is 9.10. The number of benzene rings is 1. The molecule has 5 heteroatoms. The molecule has 0 fully saturated rings. The lowest BCUT2D eigenvalue weighted by atomic mass is 10.0. The van der Waals surface area contributed by atoms with Crippen LogP contribution in [0.25, 0.3) is 0 Å². The molecule has 1 aromatic heterocycles. The molecular weight excluding hydrogens is 351 g/mol. The van der Waals surface area contributed by atoms with Gasteiger partial charge in [0.15, 0.2) is 0 Å². The number of thiophene rings is 1. The summed E-state index contributed by atoms with van der Waals surface area (Å²) in [6.45, 7) is 2.74. The van der Waals surface area contributed by atoms with E-state index < -0.39 is 0 Å². The molecule has 2 aromatic rings. The summed E-state index contributed by atoms with van der Waals surface area (Å²) in [7, 11) is 1.91. The predicted molar refractivity (Wildman–Crippen MR) is 92.5 cm³/mol. The van der Waals surface area contributed by atoms with Gasteiger partial charge in [0.1, 0.15) is 5.82 Å². The lowest BCUT2D eigenvalue weighted by Crippen LogP contribution is -2.22. The molecule has 114 valence electrons. The fourth-order valence-electron chi connectivity index (χ4n) is 2.19. The van der Waals surface area contributed by atoms with Crippen molar-refractivity contribution in [3.8, 4) is 0 Å². The SMILES string of the molecule is CCC(N)Cc1ccc(N(C)Cc2cc(Br)cs2)c(F)c1. The van der Waals surface area contributed by atoms with Crippen molar-refractivity contribution in [1.29, 1.82) is 0 Å². The van der Waals surface area contributed by atoms with Gasteiger partial charge in [0.05, 0.1) is 12.2 Å². The van der Waals surface area contributed by atoms with Crippen molar-refractivity contribution in [2.75, 3.05) is 11.9 Å². The number of hydrogen-bond donors (Lipinski definition) is 1. The Morgan fingerprint density at radius 2 is 2.14 bits per heavy atom. The van der Waals surface area contributed by atoms with Gasteiger partial charge in [0, 0.05) is 27.8 Å². The number of anilines is 1. The molecule has 0 bridgehead atoms. The second kappa shape index (κ2) is 7.38. The molecule has 2 N–H and O–H groups in total. The Bertz CT molecular complexity index is 600. The van der Waals surface area contributed by atoms with Crippen molar-refractivity contribution in [2.24, 2.45) is 5.73 Å². The van der Waals surface area contributed by atoms with Crippen molar-refractivity contribution in [1.82, 2.24) is 0 Å². The maximum atomic E-state index is 14.3. The number of hydrogen-bond acceptors (Lipinski definition) is 3. The van der Waals surface area contributed by atoms with Crippen LogP contribution < -0.4 is 10.6 Å². The zero-order valence-corrected chi connectivity index (χ0v) is 14.7. The molecule has 0 aliphatic rings. The maximum absolute atomic E-state index is 14.3. The van der Waals surface area contributed by atoms with E-state index in [0.29, 0.717) is 12.2 Å². The van der Waals surface area contributed by atoms with E-state index in [9.17, 15) is 4.39 Å². The molecule has 2 nitrogen and oxygen atoms in total. The quantitative estimate of drug-likeness (QED) is 0.806. The summed E-state index contributed by atoms with van der Waals surface area (Å²) in [6.07, 6.45) is 1.62. The molecule has 1 heterocycles. The first-order valence-electron chi connectivity index (χ1n) is 6.97. The van der Waals surface area contributed by atoms with Gasteiger partial charge >= 0.3 is 0 Å². The van der Waals surface area contributed by atoms with Gasteiger partial charge in [0.2, 0.25) is 0 Å². The lowest BCUT2D eigenvalue weighted by Gasteiger charge is -2.20. The van der Waals surface area contributed by atoms with E-state index in [4.69, 9.17) is 5.73 Å². The topological polar surface area (TPSA) is 29.3 Å². The van der Waals surface area contributed by atoms with Crippen LogP contribution in [-0.2, 0) is 13.0 Å². The van der Waals surface area contributed by atoms with Crippen LogP contribution in [0.1, 0.15) is 23.8 Å². The van der Waals surface area contributed by atoms with Crippen LogP contribution in [0.4, 0.5) is 10.1 Å². The molecule has 2 rings (SSSR count). The number of nitrogens with two attached hydrogens (primary N) is 1. The minimum atomic E-state index is -0.186. The van der Waals surface area contributed by atoms with Crippen LogP contribution in [0.3, 0.4) is 0 Å². The summed E-state index contributed by atoms with van der Waals surface area (Å²) < 4.78 is 15.3. The van der Waals surface area contributed by atoms with Gasteiger partial charge in [-0.25, -0.2) is 4.39 Å². The minimum Gasteiger partial charge on any atom is -0.367 e. The maximum Gasteiger partial charge on any atom is 0.146 e. The molecule has 1 unspecified atom stereocenters. The van der Waals surface area contributed by atoms with Gasteiger partial charge in [-0.05, 0) is 52.5 Å². The Kier molecular flexibility index (Phi) is 5.79. The lowest BCUT2D eigenvalue weighted by molar-refractivity contribution is 0.611. The Hall–Kier alpha value is -0.910. The van der Waals surface area contributed by atoms with Crippen LogP contribution in [0, 0.1) is 5.82 Å². The highest BCUT2D eigenvalue weighted by atomic mass is 79.9. The van der Waals surface area contributed by atoms with Crippen molar-refractivity contribution in [3.63, 3.8) is 0 Å². The minimum absolute atomic E-state index is 0.0939. The highest BCUT2D eigenvalue weighted by Crippen LogP contribution is 2.25. The molecule has 0 aliphatic carbocycles.